The van der Waals surface area contributed by atoms with Crippen LogP contribution in [0.3, 0.4) is 0 Å². The molecule has 2 atom stereocenters. The third-order valence-electron chi connectivity index (χ3n) is 7.00. The van der Waals surface area contributed by atoms with E-state index in [1.807, 2.05) is 48.7 Å². The maximum atomic E-state index is 14.0. The van der Waals surface area contributed by atoms with Crippen LogP contribution < -0.4 is 10.4 Å². The first-order valence-electron chi connectivity index (χ1n) is 13.8. The van der Waals surface area contributed by atoms with E-state index in [1.165, 1.54) is 36.4 Å². The van der Waals surface area contributed by atoms with E-state index >= 15 is 0 Å². The topological polar surface area (TPSA) is 115 Å². The molecule has 42 heavy (non-hydrogen) atoms. The molecule has 220 valence electrons. The lowest BCUT2D eigenvalue weighted by Gasteiger charge is -2.20. The fourth-order valence-electron chi connectivity index (χ4n) is 5.22. The Labute approximate surface area is 243 Å². The quantitative estimate of drug-likeness (QED) is 0.217. The molecule has 3 aromatic carbocycles. The normalized spacial score (nSPS) is 12.7. The number of anilines is 1. The van der Waals surface area contributed by atoms with Crippen LogP contribution in [0.25, 0.3) is 22.3 Å². The summed E-state index contributed by atoms with van der Waals surface area (Å²) in [5.74, 6) is -2.70. The molecular formula is C33H33F2N2O5-. The number of carbonyl (C=O) groups is 2. The fourth-order valence-corrected chi connectivity index (χ4v) is 5.22. The maximum Gasteiger partial charge on any atom is 0.272 e. The summed E-state index contributed by atoms with van der Waals surface area (Å²) in [6.07, 6.45) is -2.64. The second-order valence-electron chi connectivity index (χ2n) is 10.5. The van der Waals surface area contributed by atoms with Gasteiger partial charge in [-0.15, -0.1) is 0 Å². The predicted octanol–water partition coefficient (Wildman–Crippen LogP) is 5.12. The van der Waals surface area contributed by atoms with Crippen molar-refractivity contribution in [1.82, 2.24) is 4.57 Å². The van der Waals surface area contributed by atoms with Crippen molar-refractivity contribution < 1.29 is 33.7 Å². The minimum absolute atomic E-state index is 0.155. The molecule has 0 aliphatic heterocycles. The van der Waals surface area contributed by atoms with Crippen LogP contribution in [0.4, 0.5) is 14.5 Å². The van der Waals surface area contributed by atoms with Crippen LogP contribution in [0.5, 0.6) is 0 Å². The van der Waals surface area contributed by atoms with Gasteiger partial charge in [-0.2, -0.15) is 0 Å². The Hall–Kier alpha value is -4.34. The molecule has 0 saturated carbocycles. The van der Waals surface area contributed by atoms with Crippen molar-refractivity contribution in [1.29, 1.82) is 0 Å². The smallest absolute Gasteiger partial charge is 0.272 e. The van der Waals surface area contributed by atoms with Crippen LogP contribution in [0.2, 0.25) is 0 Å². The summed E-state index contributed by atoms with van der Waals surface area (Å²) in [6.45, 7) is 3.84. The number of aliphatic hydroxyl groups excluding tert-OH is 2. The van der Waals surface area contributed by atoms with Gasteiger partial charge in [0.05, 0.1) is 12.2 Å². The first-order valence-corrected chi connectivity index (χ1v) is 13.8. The highest BCUT2D eigenvalue weighted by Gasteiger charge is 2.30. The van der Waals surface area contributed by atoms with Gasteiger partial charge in [-0.3, -0.25) is 4.79 Å². The molecule has 0 aliphatic rings. The Kier molecular flexibility index (Phi) is 9.88. The number of carbonyl (C=O) groups excluding carboxylic acids is 2. The number of benzene rings is 3. The van der Waals surface area contributed by atoms with Crippen LogP contribution in [0.15, 0.2) is 78.9 Å². The van der Waals surface area contributed by atoms with Gasteiger partial charge in [-0.1, -0.05) is 42.5 Å². The van der Waals surface area contributed by atoms with Gasteiger partial charge in [-0.25, -0.2) is 8.78 Å². The molecule has 1 amide bonds. The zero-order chi connectivity index (χ0) is 30.4. The van der Waals surface area contributed by atoms with E-state index in [4.69, 9.17) is 0 Å². The number of aromatic nitrogens is 1. The van der Waals surface area contributed by atoms with E-state index in [0.717, 1.165) is 5.56 Å². The van der Waals surface area contributed by atoms with Crippen molar-refractivity contribution in [3.8, 4) is 22.3 Å². The molecule has 3 N–H and O–H groups in total. The minimum Gasteiger partial charge on any atom is -0.550 e. The summed E-state index contributed by atoms with van der Waals surface area (Å²) in [5, 5.41) is 34.4. The highest BCUT2D eigenvalue weighted by atomic mass is 19.1. The van der Waals surface area contributed by atoms with E-state index < -0.39 is 42.1 Å². The van der Waals surface area contributed by atoms with E-state index in [2.05, 4.69) is 5.32 Å². The van der Waals surface area contributed by atoms with Gasteiger partial charge in [0, 0.05) is 40.9 Å². The van der Waals surface area contributed by atoms with Gasteiger partial charge >= 0.3 is 0 Å². The number of hydrogen-bond acceptors (Lipinski definition) is 5. The van der Waals surface area contributed by atoms with Gasteiger partial charge in [0.25, 0.3) is 5.91 Å². The number of aliphatic hydroxyl groups is 2. The first-order chi connectivity index (χ1) is 20.0. The Bertz CT molecular complexity index is 1520. The Balaban J connectivity index is 1.89. The highest BCUT2D eigenvalue weighted by Crippen LogP contribution is 2.43. The molecule has 0 radical (unpaired) electrons. The first kappa shape index (κ1) is 30.6. The zero-order valence-electron chi connectivity index (χ0n) is 23.4. The number of amides is 1. The van der Waals surface area contributed by atoms with E-state index in [1.54, 1.807) is 12.1 Å². The highest BCUT2D eigenvalue weighted by molar-refractivity contribution is 6.11. The largest absolute Gasteiger partial charge is 0.550 e. The number of nitrogens with one attached hydrogen (secondary N) is 1. The third kappa shape index (κ3) is 7.29. The number of aliphatic carboxylic acids is 1. The molecule has 4 aromatic rings. The van der Waals surface area contributed by atoms with E-state index in [0.29, 0.717) is 33.8 Å². The van der Waals surface area contributed by atoms with Crippen molar-refractivity contribution >= 4 is 17.6 Å². The number of nitrogens with zero attached hydrogens (tertiary/aromatic N) is 1. The van der Waals surface area contributed by atoms with Crippen molar-refractivity contribution in [2.75, 3.05) is 5.32 Å². The molecular weight excluding hydrogens is 542 g/mol. The van der Waals surface area contributed by atoms with E-state index in [9.17, 15) is 33.7 Å². The summed E-state index contributed by atoms with van der Waals surface area (Å²) in [7, 11) is 0. The van der Waals surface area contributed by atoms with Gasteiger partial charge in [0.15, 0.2) is 0 Å². The molecule has 9 heteroatoms. The fraction of sp³-hybridized carbons (Fsp3) is 0.273. The molecule has 0 aliphatic carbocycles. The lowest BCUT2D eigenvalue weighted by Crippen LogP contribution is -2.29. The minimum atomic E-state index is -1.41. The van der Waals surface area contributed by atoms with Crippen LogP contribution in [-0.4, -0.2) is 38.9 Å². The lowest BCUT2D eigenvalue weighted by molar-refractivity contribution is -0.307. The molecule has 0 spiro atoms. The van der Waals surface area contributed by atoms with Crippen molar-refractivity contribution in [3.05, 3.63) is 102 Å². The molecule has 7 nitrogen and oxygen atoms in total. The average molecular weight is 576 g/mol. The van der Waals surface area contributed by atoms with Crippen molar-refractivity contribution in [3.63, 3.8) is 0 Å². The number of carboxylic acid groups (broad SMARTS) is 1. The summed E-state index contributed by atoms with van der Waals surface area (Å²) in [4.78, 5) is 24.9. The molecule has 0 bridgehead atoms. The number of hydrogen-bond donors (Lipinski definition) is 3. The number of halogens is 2. The average Bonchev–Trinajstić information content (AvgIpc) is 3.29. The maximum absolute atomic E-state index is 14.0. The Morgan fingerprint density at radius 1 is 0.833 bits per heavy atom. The molecule has 1 heterocycles. The Morgan fingerprint density at radius 3 is 1.98 bits per heavy atom. The standard InChI is InChI=1S/C33H34F2N2O5/c1-20(2)37-28(17-16-26(38)18-27(39)19-29(40)41)30(22-8-10-23(34)11-9-22)31(21-6-4-3-5-7-21)32(37)33(42)36-25-14-12-24(35)13-15-25/h3-15,20,26-27,38-39H,16-19H2,1-2H3,(H,36,42)(H,40,41)/p-1/t26-,27-/m1/s1. The Morgan fingerprint density at radius 2 is 1.40 bits per heavy atom. The lowest BCUT2D eigenvalue weighted by atomic mass is 9.92. The van der Waals surface area contributed by atoms with E-state index in [-0.39, 0.29) is 25.3 Å². The van der Waals surface area contributed by atoms with Gasteiger partial charge in [0.1, 0.15) is 17.3 Å². The van der Waals surface area contributed by atoms with Crippen LogP contribution in [-0.2, 0) is 11.2 Å². The van der Waals surface area contributed by atoms with Gasteiger partial charge in [-0.05, 0) is 80.6 Å². The van der Waals surface area contributed by atoms with Crippen LogP contribution >= 0.6 is 0 Å². The predicted molar refractivity (Wildman–Crippen MR) is 155 cm³/mol. The summed E-state index contributed by atoms with van der Waals surface area (Å²) < 4.78 is 29.4. The van der Waals surface area contributed by atoms with Crippen LogP contribution in [0.1, 0.15) is 55.3 Å². The molecule has 0 fully saturated rings. The molecule has 0 unspecified atom stereocenters. The van der Waals surface area contributed by atoms with Crippen molar-refractivity contribution in [2.24, 2.45) is 0 Å². The van der Waals surface area contributed by atoms with Gasteiger partial charge in [0.2, 0.25) is 0 Å². The monoisotopic (exact) mass is 575 g/mol. The summed E-state index contributed by atoms with van der Waals surface area (Å²) >= 11 is 0. The van der Waals surface area contributed by atoms with Crippen LogP contribution in [0, 0.1) is 11.6 Å². The number of carboxylic acids is 1. The second kappa shape index (κ2) is 13.5. The SMILES string of the molecule is CC(C)n1c(CC[C@@H](O)C[C@@H](O)CC(=O)[O-])c(-c2ccc(F)cc2)c(-c2ccccc2)c1C(=O)Nc1ccc(F)cc1. The summed E-state index contributed by atoms with van der Waals surface area (Å²) in [6, 6.07) is 20.4. The number of rotatable bonds is 12. The molecule has 4 rings (SSSR count). The third-order valence-corrected chi connectivity index (χ3v) is 7.00. The molecule has 0 saturated heterocycles. The zero-order valence-corrected chi connectivity index (χ0v) is 23.4. The van der Waals surface area contributed by atoms with Gasteiger partial charge < -0.3 is 30.0 Å². The molecule has 1 aromatic heterocycles. The second-order valence-corrected chi connectivity index (χ2v) is 10.5. The summed E-state index contributed by atoms with van der Waals surface area (Å²) in [5.41, 5.74) is 4.13. The van der Waals surface area contributed by atoms with Crippen molar-refractivity contribution in [2.45, 2.75) is 57.8 Å².